The molecule has 0 spiro atoms. The third kappa shape index (κ3) is 5.18. The van der Waals surface area contributed by atoms with Gasteiger partial charge in [0.25, 0.3) is 0 Å². The van der Waals surface area contributed by atoms with Crippen molar-refractivity contribution in [3.05, 3.63) is 188 Å². The van der Waals surface area contributed by atoms with Crippen molar-refractivity contribution in [2.24, 2.45) is 0 Å². The summed E-state index contributed by atoms with van der Waals surface area (Å²) in [6.07, 6.45) is 0. The number of fused-ring (bicyclic) bond motifs is 6. The highest BCUT2D eigenvalue weighted by molar-refractivity contribution is 7.25. The summed E-state index contributed by atoms with van der Waals surface area (Å²) in [6.45, 7) is 0. The Balaban J connectivity index is 1.11. The zero-order valence-electron chi connectivity index (χ0n) is 27.7. The highest BCUT2D eigenvalue weighted by Gasteiger charge is 2.18. The summed E-state index contributed by atoms with van der Waals surface area (Å²) in [5, 5.41) is 4.87. The van der Waals surface area contributed by atoms with Crippen LogP contribution in [0.4, 0.5) is 17.1 Å². The minimum atomic E-state index is 0.895. The highest BCUT2D eigenvalue weighted by Crippen LogP contribution is 2.43. The van der Waals surface area contributed by atoms with Crippen molar-refractivity contribution in [3.63, 3.8) is 0 Å². The van der Waals surface area contributed by atoms with Crippen molar-refractivity contribution < 1.29 is 4.42 Å². The van der Waals surface area contributed by atoms with E-state index >= 15 is 0 Å². The Labute approximate surface area is 300 Å². The van der Waals surface area contributed by atoms with Crippen LogP contribution in [0, 0.1) is 0 Å². The maximum absolute atomic E-state index is 6.37. The minimum Gasteiger partial charge on any atom is -0.456 e. The summed E-state index contributed by atoms with van der Waals surface area (Å²) in [5.41, 5.74) is 12.2. The average Bonchev–Trinajstić information content (AvgIpc) is 3.76. The first-order chi connectivity index (χ1) is 25.3. The summed E-state index contributed by atoms with van der Waals surface area (Å²) in [7, 11) is 0. The zero-order chi connectivity index (χ0) is 33.7. The molecule has 2 heterocycles. The van der Waals surface area contributed by atoms with E-state index in [2.05, 4.69) is 181 Å². The Hall–Kier alpha value is -6.42. The standard InChI is InChI=1S/C48H31NOS/c1-3-11-32(12-4-1)33-19-23-36(24-20-33)49(38-27-28-41-40-16-8-10-18-47(40)51-48(41)29-38)37-25-21-35(22-26-37)43-31-46-44(39-15-7-9-17-45(39)50-46)30-42(43)34-13-5-2-6-14-34/h1-31H. The molecular formula is C48H31NOS. The van der Waals surface area contributed by atoms with Gasteiger partial charge in [0.2, 0.25) is 0 Å². The van der Waals surface area contributed by atoms with Gasteiger partial charge in [-0.25, -0.2) is 0 Å². The van der Waals surface area contributed by atoms with Crippen molar-refractivity contribution in [2.45, 2.75) is 0 Å². The first-order valence-corrected chi connectivity index (χ1v) is 18.1. The van der Waals surface area contributed by atoms with E-state index in [1.807, 2.05) is 23.5 Å². The van der Waals surface area contributed by atoms with Crippen LogP contribution in [-0.2, 0) is 0 Å². The number of hydrogen-bond acceptors (Lipinski definition) is 3. The quantitative estimate of drug-likeness (QED) is 0.175. The molecule has 0 unspecified atom stereocenters. The van der Waals surface area contributed by atoms with Gasteiger partial charge in [-0.3, -0.25) is 0 Å². The van der Waals surface area contributed by atoms with E-state index in [1.54, 1.807) is 0 Å². The van der Waals surface area contributed by atoms with Crippen LogP contribution in [0.5, 0.6) is 0 Å². The first kappa shape index (κ1) is 29.5. The molecule has 0 saturated heterocycles. The lowest BCUT2D eigenvalue weighted by molar-refractivity contribution is 0.669. The molecule has 10 aromatic rings. The van der Waals surface area contributed by atoms with Crippen LogP contribution in [-0.4, -0.2) is 0 Å². The van der Waals surface area contributed by atoms with Crippen LogP contribution >= 0.6 is 11.3 Å². The Bertz CT molecular complexity index is 2830. The molecule has 0 aliphatic rings. The summed E-state index contributed by atoms with van der Waals surface area (Å²) < 4.78 is 8.96. The third-order valence-electron chi connectivity index (χ3n) is 9.89. The predicted molar refractivity (Wildman–Crippen MR) is 218 cm³/mol. The summed E-state index contributed by atoms with van der Waals surface area (Å²) in [6, 6.07) is 67.4. The van der Waals surface area contributed by atoms with Gasteiger partial charge in [-0.15, -0.1) is 11.3 Å². The van der Waals surface area contributed by atoms with Crippen LogP contribution in [0.3, 0.4) is 0 Å². The van der Waals surface area contributed by atoms with Gasteiger partial charge in [-0.2, -0.15) is 0 Å². The fourth-order valence-electron chi connectivity index (χ4n) is 7.39. The molecule has 0 radical (unpaired) electrons. The minimum absolute atomic E-state index is 0.895. The smallest absolute Gasteiger partial charge is 0.136 e. The molecule has 51 heavy (non-hydrogen) atoms. The number of para-hydroxylation sites is 1. The number of hydrogen-bond donors (Lipinski definition) is 0. The van der Waals surface area contributed by atoms with Gasteiger partial charge < -0.3 is 9.32 Å². The monoisotopic (exact) mass is 669 g/mol. The van der Waals surface area contributed by atoms with Gasteiger partial charge in [-0.1, -0.05) is 127 Å². The van der Waals surface area contributed by atoms with E-state index in [0.717, 1.165) is 50.1 Å². The second-order valence-corrected chi connectivity index (χ2v) is 14.0. The SMILES string of the molecule is c1ccc(-c2ccc(N(c3ccc(-c4cc5oc6ccccc6c5cc4-c4ccccc4)cc3)c3ccc4c(c3)sc3ccccc34)cc2)cc1. The van der Waals surface area contributed by atoms with E-state index in [9.17, 15) is 0 Å². The molecule has 0 amide bonds. The molecule has 3 heteroatoms. The average molecular weight is 670 g/mol. The largest absolute Gasteiger partial charge is 0.456 e. The van der Waals surface area contributed by atoms with Crippen LogP contribution < -0.4 is 4.90 Å². The van der Waals surface area contributed by atoms with Crippen molar-refractivity contribution >= 4 is 70.5 Å². The number of rotatable bonds is 6. The van der Waals surface area contributed by atoms with Crippen LogP contribution in [0.15, 0.2) is 192 Å². The van der Waals surface area contributed by atoms with Gasteiger partial charge >= 0.3 is 0 Å². The number of thiophene rings is 1. The Morgan fingerprint density at radius 1 is 0.333 bits per heavy atom. The lowest BCUT2D eigenvalue weighted by Crippen LogP contribution is -2.09. The van der Waals surface area contributed by atoms with Gasteiger partial charge in [0.1, 0.15) is 11.2 Å². The van der Waals surface area contributed by atoms with E-state index in [-0.39, 0.29) is 0 Å². The van der Waals surface area contributed by atoms with Crippen molar-refractivity contribution in [1.29, 1.82) is 0 Å². The maximum atomic E-state index is 6.37. The molecule has 10 rings (SSSR count). The second-order valence-electron chi connectivity index (χ2n) is 12.9. The second kappa shape index (κ2) is 12.2. The van der Waals surface area contributed by atoms with Crippen LogP contribution in [0.1, 0.15) is 0 Å². The van der Waals surface area contributed by atoms with Crippen molar-refractivity contribution in [1.82, 2.24) is 0 Å². The van der Waals surface area contributed by atoms with E-state index in [4.69, 9.17) is 4.42 Å². The Morgan fingerprint density at radius 3 is 1.61 bits per heavy atom. The summed E-state index contributed by atoms with van der Waals surface area (Å²) >= 11 is 1.85. The summed E-state index contributed by atoms with van der Waals surface area (Å²) in [5.74, 6) is 0. The first-order valence-electron chi connectivity index (χ1n) is 17.2. The zero-order valence-corrected chi connectivity index (χ0v) is 28.5. The van der Waals surface area contributed by atoms with Gasteiger partial charge in [0, 0.05) is 48.0 Å². The van der Waals surface area contributed by atoms with E-state index < -0.39 is 0 Å². The fourth-order valence-corrected chi connectivity index (χ4v) is 8.53. The molecule has 2 nitrogen and oxygen atoms in total. The highest BCUT2D eigenvalue weighted by atomic mass is 32.1. The molecule has 2 aromatic heterocycles. The number of nitrogens with zero attached hydrogens (tertiary/aromatic N) is 1. The Kier molecular flexibility index (Phi) is 7.04. The molecule has 0 aliphatic carbocycles. The lowest BCUT2D eigenvalue weighted by atomic mass is 9.92. The third-order valence-corrected chi connectivity index (χ3v) is 11.0. The number of benzene rings is 8. The van der Waals surface area contributed by atoms with Crippen LogP contribution in [0.2, 0.25) is 0 Å². The lowest BCUT2D eigenvalue weighted by Gasteiger charge is -2.26. The van der Waals surface area contributed by atoms with E-state index in [0.29, 0.717) is 0 Å². The molecule has 0 N–H and O–H groups in total. The maximum Gasteiger partial charge on any atom is 0.136 e. The molecule has 0 fully saturated rings. The fraction of sp³-hybridized carbons (Fsp3) is 0. The van der Waals surface area contributed by atoms with Crippen molar-refractivity contribution in [3.8, 4) is 33.4 Å². The van der Waals surface area contributed by atoms with E-state index in [1.165, 1.54) is 42.4 Å². The van der Waals surface area contributed by atoms with Crippen LogP contribution in [0.25, 0.3) is 75.5 Å². The molecule has 0 saturated carbocycles. The normalized spacial score (nSPS) is 11.5. The van der Waals surface area contributed by atoms with Gasteiger partial charge in [0.15, 0.2) is 0 Å². The molecular weight excluding hydrogens is 639 g/mol. The molecule has 0 bridgehead atoms. The molecule has 0 aliphatic heterocycles. The predicted octanol–water partition coefficient (Wildman–Crippen LogP) is 14.4. The molecule has 240 valence electrons. The summed E-state index contributed by atoms with van der Waals surface area (Å²) in [4.78, 5) is 2.36. The number of anilines is 3. The molecule has 8 aromatic carbocycles. The number of furan rings is 1. The van der Waals surface area contributed by atoms with Gasteiger partial charge in [0.05, 0.1) is 0 Å². The Morgan fingerprint density at radius 2 is 0.863 bits per heavy atom. The van der Waals surface area contributed by atoms with Gasteiger partial charge in [-0.05, 0) is 94.0 Å². The topological polar surface area (TPSA) is 16.4 Å². The van der Waals surface area contributed by atoms with Crippen molar-refractivity contribution in [2.75, 3.05) is 4.90 Å². The molecule has 0 atom stereocenters.